The lowest BCUT2D eigenvalue weighted by atomic mass is 9.47. The topological polar surface area (TPSA) is 292 Å². The van der Waals surface area contributed by atoms with Crippen LogP contribution in [0, 0.1) is 46.3 Å². The first-order valence-corrected chi connectivity index (χ1v) is 22.6. The number of rotatable bonds is 13. The molecule has 0 aromatic carbocycles. The number of Topliss-reactive ketones (excluding diaryl/α,β-unsaturated/α-hetero) is 2. The highest BCUT2D eigenvalue weighted by atomic mass is 16.8. The summed E-state index contributed by atoms with van der Waals surface area (Å²) in [5.41, 5.74) is 0.717. The third-order valence-electron chi connectivity index (χ3n) is 16.2. The Kier molecular flexibility index (Phi) is 14.8. The number of fused-ring (bicyclic) bond motifs is 5. The molecule has 6 fully saturated rings. The third kappa shape index (κ3) is 8.75. The molecule has 0 spiro atoms. The molecule has 4 aliphatic carbocycles. The number of carbonyl (C=O) groups is 2. The maximum Gasteiger partial charge on any atom is 0.189 e. The van der Waals surface area contributed by atoms with Crippen molar-refractivity contribution in [3.63, 3.8) is 0 Å². The standard InChI is InChI=1S/C44H70O18/c1-18(16-45)6-9-26(47)19(2)29-27(48)15-25-23-8-7-21-14-22(10-12-43(21,4)24(23)11-13-44(25,29)5)58-42-38(61-40-34(53)31(50)30(49)20(3)57-40)36(55)37(28(17-46)59-42)60-41-35(54)32(51)33(52)39(56)62-41/h7,18-20,22-25,28-42,45-46,49-56H,6,8-17H2,1-5H3/t18-,19-,20?,22?,23-,24+,25+,28?,29-,30+,31?,32?,33-,34?,35?,36?,37-,38?,39?,40+,41-,42-,43+,44+/m1/s1. The van der Waals surface area contributed by atoms with Crippen molar-refractivity contribution in [2.75, 3.05) is 13.2 Å². The lowest BCUT2D eigenvalue weighted by molar-refractivity contribution is -0.397. The molecule has 10 N–H and O–H groups in total. The Morgan fingerprint density at radius 1 is 0.774 bits per heavy atom. The van der Waals surface area contributed by atoms with Crippen molar-refractivity contribution in [3.8, 4) is 0 Å². The second kappa shape index (κ2) is 19.0. The fraction of sp³-hybridized carbons (Fsp3) is 0.909. The monoisotopic (exact) mass is 886 g/mol. The van der Waals surface area contributed by atoms with Crippen LogP contribution < -0.4 is 0 Å². The zero-order valence-corrected chi connectivity index (χ0v) is 36.3. The molecule has 3 saturated carbocycles. The number of aliphatic hydroxyl groups is 10. The fourth-order valence-electron chi connectivity index (χ4n) is 12.3. The van der Waals surface area contributed by atoms with E-state index in [1.54, 1.807) is 0 Å². The number of allylic oxidation sites excluding steroid dienone is 1. The van der Waals surface area contributed by atoms with Gasteiger partial charge in [0.15, 0.2) is 25.2 Å². The van der Waals surface area contributed by atoms with Crippen LogP contribution in [-0.4, -0.2) is 174 Å². The predicted octanol–water partition coefficient (Wildman–Crippen LogP) is -0.823. The van der Waals surface area contributed by atoms with Crippen molar-refractivity contribution < 1.29 is 89.1 Å². The Morgan fingerprint density at radius 3 is 2.11 bits per heavy atom. The number of aliphatic hydroxyl groups excluding tert-OH is 10. The summed E-state index contributed by atoms with van der Waals surface area (Å²) in [5.74, 6) is 0.285. The maximum atomic E-state index is 13.8. The second-order valence-corrected chi connectivity index (χ2v) is 20.0. The smallest absolute Gasteiger partial charge is 0.189 e. The SMILES string of the molecule is CC1O[C@@H](OC2C(O)[C@H](O[C@@H]3OC(O)[C@H](O)C(O)C3O)C(CO)O[C@H]2OC2CC[C@@]3(C)C(=CC[C@H]4[C@@H]5CC(=O)[C@@H]([C@H](C)C(=O)CC[C@@H](C)CO)[C@@]5(C)CC[C@@H]43)C2)C(O)C(O)[C@H]1O. The predicted molar refractivity (Wildman–Crippen MR) is 213 cm³/mol. The van der Waals surface area contributed by atoms with Gasteiger partial charge in [-0.25, -0.2) is 0 Å². The van der Waals surface area contributed by atoms with Gasteiger partial charge in [-0.15, -0.1) is 0 Å². The Labute approximate surface area is 362 Å². The molecule has 62 heavy (non-hydrogen) atoms. The summed E-state index contributed by atoms with van der Waals surface area (Å²) in [5, 5.41) is 105. The van der Waals surface area contributed by atoms with Gasteiger partial charge >= 0.3 is 0 Å². The molecule has 354 valence electrons. The van der Waals surface area contributed by atoms with Gasteiger partial charge in [0.1, 0.15) is 72.6 Å². The van der Waals surface area contributed by atoms with Crippen LogP contribution in [0.2, 0.25) is 0 Å². The van der Waals surface area contributed by atoms with Crippen LogP contribution in [0.15, 0.2) is 11.6 Å². The van der Waals surface area contributed by atoms with Crippen molar-refractivity contribution in [1.29, 1.82) is 0 Å². The number of hydrogen-bond acceptors (Lipinski definition) is 18. The Morgan fingerprint density at radius 2 is 1.44 bits per heavy atom. The molecule has 18 heteroatoms. The van der Waals surface area contributed by atoms with Crippen LogP contribution in [0.1, 0.15) is 92.4 Å². The lowest BCUT2D eigenvalue weighted by Gasteiger charge is -2.58. The van der Waals surface area contributed by atoms with Gasteiger partial charge < -0.3 is 79.5 Å². The Bertz CT molecular complexity index is 1610. The summed E-state index contributed by atoms with van der Waals surface area (Å²) < 4.78 is 35.6. The molecule has 3 heterocycles. The van der Waals surface area contributed by atoms with Crippen LogP contribution in [0.4, 0.5) is 0 Å². The van der Waals surface area contributed by atoms with Crippen LogP contribution in [0.25, 0.3) is 0 Å². The number of ketones is 2. The minimum absolute atomic E-state index is 0.0234. The average Bonchev–Trinajstić information content (AvgIpc) is 3.52. The van der Waals surface area contributed by atoms with Gasteiger partial charge in [-0.05, 0) is 86.4 Å². The van der Waals surface area contributed by atoms with Crippen LogP contribution >= 0.6 is 0 Å². The van der Waals surface area contributed by atoms with Gasteiger partial charge in [0.25, 0.3) is 0 Å². The van der Waals surface area contributed by atoms with Crippen LogP contribution in [0.5, 0.6) is 0 Å². The molecule has 3 aliphatic heterocycles. The van der Waals surface area contributed by atoms with Gasteiger partial charge in [0, 0.05) is 31.3 Å². The highest BCUT2D eigenvalue weighted by Crippen LogP contribution is 2.66. The van der Waals surface area contributed by atoms with Crippen molar-refractivity contribution >= 4 is 11.6 Å². The molecule has 3 saturated heterocycles. The molecule has 7 rings (SSSR count). The zero-order chi connectivity index (χ0) is 45.2. The van der Waals surface area contributed by atoms with E-state index >= 15 is 0 Å². The quantitative estimate of drug-likeness (QED) is 0.101. The third-order valence-corrected chi connectivity index (χ3v) is 16.2. The summed E-state index contributed by atoms with van der Waals surface area (Å²) in [6.07, 6.45) is -17.1. The Hall–Kier alpha value is -1.56. The van der Waals surface area contributed by atoms with Crippen molar-refractivity contribution in [1.82, 2.24) is 0 Å². The number of ether oxygens (including phenoxy) is 6. The first kappa shape index (κ1) is 48.4. The van der Waals surface area contributed by atoms with E-state index in [2.05, 4.69) is 19.9 Å². The summed E-state index contributed by atoms with van der Waals surface area (Å²) in [7, 11) is 0. The molecule has 0 radical (unpaired) electrons. The van der Waals surface area contributed by atoms with Crippen LogP contribution in [0.3, 0.4) is 0 Å². The molecule has 0 amide bonds. The van der Waals surface area contributed by atoms with E-state index < -0.39 is 105 Å². The molecule has 10 unspecified atom stereocenters. The Balaban J connectivity index is 1.08. The van der Waals surface area contributed by atoms with E-state index in [4.69, 9.17) is 28.4 Å². The number of hydrogen-bond donors (Lipinski definition) is 10. The molecule has 24 atom stereocenters. The summed E-state index contributed by atoms with van der Waals surface area (Å²) in [6.45, 7) is 9.06. The van der Waals surface area contributed by atoms with Gasteiger partial charge in [-0.1, -0.05) is 39.3 Å². The van der Waals surface area contributed by atoms with Crippen molar-refractivity contribution in [2.45, 2.75) is 191 Å². The first-order chi connectivity index (χ1) is 29.2. The van der Waals surface area contributed by atoms with Gasteiger partial charge in [0.2, 0.25) is 0 Å². The molecule has 0 bridgehead atoms. The molecule has 0 aromatic heterocycles. The van der Waals surface area contributed by atoms with E-state index in [-0.39, 0.29) is 58.6 Å². The molecule has 18 nitrogen and oxygen atoms in total. The maximum absolute atomic E-state index is 13.8. The minimum Gasteiger partial charge on any atom is -0.396 e. The zero-order valence-electron chi connectivity index (χ0n) is 36.3. The van der Waals surface area contributed by atoms with E-state index in [1.807, 2.05) is 13.8 Å². The fourth-order valence-corrected chi connectivity index (χ4v) is 12.3. The lowest BCUT2D eigenvalue weighted by Crippen LogP contribution is -2.66. The molecule has 0 aromatic rings. The summed E-state index contributed by atoms with van der Waals surface area (Å²) >= 11 is 0. The van der Waals surface area contributed by atoms with E-state index in [9.17, 15) is 60.7 Å². The van der Waals surface area contributed by atoms with Gasteiger partial charge in [-0.2, -0.15) is 0 Å². The average molecular weight is 887 g/mol. The second-order valence-electron chi connectivity index (χ2n) is 20.0. The van der Waals surface area contributed by atoms with E-state index in [0.717, 1.165) is 25.7 Å². The van der Waals surface area contributed by atoms with Crippen molar-refractivity contribution in [2.24, 2.45) is 46.3 Å². The molecular formula is C44H70O18. The molecular weight excluding hydrogens is 816 g/mol. The van der Waals surface area contributed by atoms with Gasteiger partial charge in [0.05, 0.1) is 18.8 Å². The normalized spacial score (nSPS) is 50.5. The minimum atomic E-state index is -1.97. The first-order valence-electron chi connectivity index (χ1n) is 22.6. The summed E-state index contributed by atoms with van der Waals surface area (Å²) in [4.78, 5) is 27.2. The van der Waals surface area contributed by atoms with Gasteiger partial charge in [-0.3, -0.25) is 9.59 Å². The van der Waals surface area contributed by atoms with E-state index in [0.29, 0.717) is 38.0 Å². The highest BCUT2D eigenvalue weighted by molar-refractivity contribution is 5.92. The van der Waals surface area contributed by atoms with Crippen molar-refractivity contribution in [3.05, 3.63) is 11.6 Å². The molecule has 7 aliphatic rings. The van der Waals surface area contributed by atoms with E-state index in [1.165, 1.54) is 12.5 Å². The largest absolute Gasteiger partial charge is 0.396 e. The summed E-state index contributed by atoms with van der Waals surface area (Å²) in [6, 6.07) is 0. The van der Waals surface area contributed by atoms with Crippen LogP contribution in [-0.2, 0) is 38.0 Å². The highest BCUT2D eigenvalue weighted by Gasteiger charge is 2.63. The number of carbonyl (C=O) groups excluding carboxylic acids is 2.